The summed E-state index contributed by atoms with van der Waals surface area (Å²) in [6.45, 7) is 29.5. The van der Waals surface area contributed by atoms with Crippen molar-refractivity contribution in [3.8, 4) is 74.1 Å². The lowest BCUT2D eigenvalue weighted by atomic mass is 10.1. The molecule has 0 saturated heterocycles. The molecule has 0 aromatic rings. The van der Waals surface area contributed by atoms with Gasteiger partial charge >= 0.3 is 0 Å². The highest BCUT2D eigenvalue weighted by molar-refractivity contribution is 5.03. The summed E-state index contributed by atoms with van der Waals surface area (Å²) < 4.78 is 30.9. The van der Waals surface area contributed by atoms with E-state index in [1.807, 2.05) is 41.5 Å². The standard InChI is InChI=1S/C9H16O.2C8H14O.2C7H12O.C6H10O/c1-5-7-8-10-9(3,4)6-2;1-5-7-9-8(3,4)6-2;1-4-6-7-9-8(3)5-2;1-4-6-8-7(3)5-2;1-3-5-7-8-6-4-2;1-3-5-7-6-4-2/h2H,5,7-8H2,1,3-4H3;2H,5,7H2,1,3-4H3;2,8H,4,6-7H2,1,3H3;2,7H,4,6H2,1,3H3;2H,3,5-7H2,1H3;1H,4-6H2,2H3. The SMILES string of the molecule is C#CC(C)(C)OCCC.C#CC(C)(C)OCCCC.C#CC(C)OCCC.C#CC(C)OCCCC.C#CCOCCC.C#CCOCCCC. The molecule has 0 spiro atoms. The van der Waals surface area contributed by atoms with Crippen LogP contribution in [0.15, 0.2) is 0 Å². The first-order valence-corrected chi connectivity index (χ1v) is 18.6. The fourth-order valence-corrected chi connectivity index (χ4v) is 2.36. The molecule has 294 valence electrons. The van der Waals surface area contributed by atoms with E-state index in [0.29, 0.717) is 13.2 Å². The molecule has 2 atom stereocenters. The largest absolute Gasteiger partial charge is 0.369 e. The van der Waals surface area contributed by atoms with Gasteiger partial charge in [0.25, 0.3) is 0 Å². The topological polar surface area (TPSA) is 55.4 Å². The van der Waals surface area contributed by atoms with Gasteiger partial charge in [0.2, 0.25) is 0 Å². The molecule has 0 heterocycles. The van der Waals surface area contributed by atoms with Crippen LogP contribution in [-0.2, 0) is 28.4 Å². The molecule has 0 rings (SSSR count). The minimum absolute atomic E-state index is 0.0171. The molecule has 0 aromatic carbocycles. The molecule has 0 saturated carbocycles. The number of rotatable bonds is 21. The molecule has 0 aliphatic rings. The van der Waals surface area contributed by atoms with Gasteiger partial charge in [-0.2, -0.15) is 0 Å². The molecule has 6 nitrogen and oxygen atoms in total. The van der Waals surface area contributed by atoms with Crippen molar-refractivity contribution in [2.24, 2.45) is 0 Å². The van der Waals surface area contributed by atoms with Crippen molar-refractivity contribution in [1.82, 2.24) is 0 Å². The fraction of sp³-hybridized carbons (Fsp3) is 0.733. The molecular formula is C45H78O6. The van der Waals surface area contributed by atoms with Gasteiger partial charge in [-0.3, -0.25) is 0 Å². The van der Waals surface area contributed by atoms with Crippen LogP contribution in [0.5, 0.6) is 0 Å². The second kappa shape index (κ2) is 51.5. The molecule has 0 aromatic heterocycles. The maximum atomic E-state index is 5.38. The first kappa shape index (κ1) is 60.2. The van der Waals surface area contributed by atoms with Crippen LogP contribution in [0.3, 0.4) is 0 Å². The fourth-order valence-electron chi connectivity index (χ4n) is 2.36. The lowest BCUT2D eigenvalue weighted by Crippen LogP contribution is -2.22. The zero-order chi connectivity index (χ0) is 40.7. The lowest BCUT2D eigenvalue weighted by Gasteiger charge is -2.17. The van der Waals surface area contributed by atoms with Crippen LogP contribution in [0, 0.1) is 74.1 Å². The van der Waals surface area contributed by atoms with Crippen molar-refractivity contribution in [2.75, 3.05) is 52.9 Å². The van der Waals surface area contributed by atoms with E-state index in [-0.39, 0.29) is 23.4 Å². The third-order valence-electron chi connectivity index (χ3n) is 5.59. The normalized spacial score (nSPS) is 10.7. The molecular weight excluding hydrogens is 636 g/mol. The van der Waals surface area contributed by atoms with Gasteiger partial charge in [-0.15, -0.1) is 38.5 Å². The smallest absolute Gasteiger partial charge is 0.122 e. The molecule has 0 N–H and O–H groups in total. The zero-order valence-electron chi connectivity index (χ0n) is 35.1. The first-order chi connectivity index (χ1) is 24.2. The molecule has 6 heteroatoms. The van der Waals surface area contributed by atoms with E-state index in [0.717, 1.165) is 91.0 Å². The minimum Gasteiger partial charge on any atom is -0.369 e. The first-order valence-electron chi connectivity index (χ1n) is 18.6. The van der Waals surface area contributed by atoms with Crippen molar-refractivity contribution in [3.63, 3.8) is 0 Å². The number of terminal acetylenes is 6. The van der Waals surface area contributed by atoms with E-state index in [4.69, 9.17) is 67.0 Å². The van der Waals surface area contributed by atoms with E-state index in [2.05, 4.69) is 77.1 Å². The van der Waals surface area contributed by atoms with Crippen molar-refractivity contribution < 1.29 is 28.4 Å². The molecule has 51 heavy (non-hydrogen) atoms. The summed E-state index contributed by atoms with van der Waals surface area (Å²) in [7, 11) is 0. The molecule has 0 bridgehead atoms. The van der Waals surface area contributed by atoms with Crippen LogP contribution in [0.2, 0.25) is 0 Å². The number of hydrogen-bond acceptors (Lipinski definition) is 6. The summed E-state index contributed by atoms with van der Waals surface area (Å²) in [5.74, 6) is 14.9. The summed E-state index contributed by atoms with van der Waals surface area (Å²) in [5.41, 5.74) is -0.759. The number of ether oxygens (including phenoxy) is 6. The summed E-state index contributed by atoms with van der Waals surface area (Å²) in [6, 6.07) is 0. The highest BCUT2D eigenvalue weighted by Crippen LogP contribution is 2.07. The maximum absolute atomic E-state index is 5.38. The average molecular weight is 715 g/mol. The van der Waals surface area contributed by atoms with Gasteiger partial charge in [-0.1, -0.05) is 96.3 Å². The van der Waals surface area contributed by atoms with Gasteiger partial charge < -0.3 is 28.4 Å². The van der Waals surface area contributed by atoms with Crippen molar-refractivity contribution in [1.29, 1.82) is 0 Å². The molecule has 0 aliphatic heterocycles. The molecule has 2 unspecified atom stereocenters. The monoisotopic (exact) mass is 715 g/mol. The molecule has 0 fully saturated rings. The van der Waals surface area contributed by atoms with Crippen LogP contribution in [0.4, 0.5) is 0 Å². The van der Waals surface area contributed by atoms with Crippen molar-refractivity contribution in [2.45, 2.75) is 164 Å². The summed E-state index contributed by atoms with van der Waals surface area (Å²) in [5, 5.41) is 0. The zero-order valence-corrected chi connectivity index (χ0v) is 35.1. The summed E-state index contributed by atoms with van der Waals surface area (Å²) >= 11 is 0. The van der Waals surface area contributed by atoms with E-state index >= 15 is 0 Å². The lowest BCUT2D eigenvalue weighted by molar-refractivity contribution is 0.0255. The summed E-state index contributed by atoms with van der Waals surface area (Å²) in [4.78, 5) is 0. The highest BCUT2D eigenvalue weighted by atomic mass is 16.5. The average Bonchev–Trinajstić information content (AvgIpc) is 3.13. The second-order valence-electron chi connectivity index (χ2n) is 11.9. The maximum Gasteiger partial charge on any atom is 0.122 e. The Kier molecular flexibility index (Phi) is 60.8. The second-order valence-corrected chi connectivity index (χ2v) is 11.9. The van der Waals surface area contributed by atoms with Gasteiger partial charge in [-0.25, -0.2) is 0 Å². The van der Waals surface area contributed by atoms with Gasteiger partial charge in [0.15, 0.2) is 0 Å². The number of unbranched alkanes of at least 4 members (excludes halogenated alkanes) is 3. The number of hydrogen-bond donors (Lipinski definition) is 0. The third kappa shape index (κ3) is 73.5. The summed E-state index contributed by atoms with van der Waals surface area (Å²) in [6.07, 6.45) is 40.2. The van der Waals surface area contributed by atoms with Crippen LogP contribution in [-0.4, -0.2) is 76.3 Å². The van der Waals surface area contributed by atoms with Crippen molar-refractivity contribution in [3.05, 3.63) is 0 Å². The molecule has 0 radical (unpaired) electrons. The van der Waals surface area contributed by atoms with Gasteiger partial charge in [0.05, 0.1) is 0 Å². The Hall–Kier alpha value is -2.88. The van der Waals surface area contributed by atoms with Crippen LogP contribution < -0.4 is 0 Å². The Balaban J connectivity index is -0.000000120. The Bertz CT molecular complexity index is 927. The Labute approximate surface area is 319 Å². The van der Waals surface area contributed by atoms with Crippen LogP contribution in [0.1, 0.15) is 141 Å². The van der Waals surface area contributed by atoms with E-state index in [1.54, 1.807) is 0 Å². The quantitative estimate of drug-likeness (QED) is 0.0872. The van der Waals surface area contributed by atoms with Gasteiger partial charge in [0, 0.05) is 39.6 Å². The van der Waals surface area contributed by atoms with E-state index in [1.165, 1.54) is 6.42 Å². The van der Waals surface area contributed by atoms with Gasteiger partial charge in [0.1, 0.15) is 36.6 Å². The van der Waals surface area contributed by atoms with Crippen LogP contribution in [0.25, 0.3) is 0 Å². The third-order valence-corrected chi connectivity index (χ3v) is 5.59. The van der Waals surface area contributed by atoms with Gasteiger partial charge in [-0.05, 0) is 80.1 Å². The van der Waals surface area contributed by atoms with Crippen LogP contribution >= 0.6 is 0 Å². The van der Waals surface area contributed by atoms with Crippen molar-refractivity contribution >= 4 is 0 Å². The highest BCUT2D eigenvalue weighted by Gasteiger charge is 2.12. The Morgan fingerprint density at radius 3 is 1.16 bits per heavy atom. The van der Waals surface area contributed by atoms with E-state index < -0.39 is 0 Å². The Morgan fingerprint density at radius 1 is 0.451 bits per heavy atom. The Morgan fingerprint density at radius 2 is 0.804 bits per heavy atom. The predicted molar refractivity (Wildman–Crippen MR) is 221 cm³/mol. The minimum atomic E-state index is -0.380. The molecule has 0 amide bonds. The van der Waals surface area contributed by atoms with E-state index in [9.17, 15) is 0 Å². The molecule has 0 aliphatic carbocycles. The predicted octanol–water partition coefficient (Wildman–Crippen LogP) is 9.78.